The average molecular weight is 258 g/mol. The first-order valence-corrected chi connectivity index (χ1v) is 6.50. The maximum absolute atomic E-state index is 12.0. The van der Waals surface area contributed by atoms with E-state index in [1.54, 1.807) is 18.2 Å². The third-order valence-electron chi connectivity index (χ3n) is 2.94. The number of benzene rings is 1. The van der Waals surface area contributed by atoms with Gasteiger partial charge < -0.3 is 4.74 Å². The van der Waals surface area contributed by atoms with Crippen LogP contribution in [0.3, 0.4) is 0 Å². The molecular weight excluding hydrogens is 248 g/mol. The predicted octanol–water partition coefficient (Wildman–Crippen LogP) is 3.23. The van der Waals surface area contributed by atoms with E-state index in [1.807, 2.05) is 23.6 Å². The number of thiophene rings is 1. The number of esters is 1. The summed E-state index contributed by atoms with van der Waals surface area (Å²) in [5.41, 5.74) is 1.38. The molecule has 1 aliphatic heterocycles. The monoisotopic (exact) mass is 258 g/mol. The number of fused-ring (bicyclic) bond motifs is 1. The molecule has 3 nitrogen and oxygen atoms in total. The second kappa shape index (κ2) is 4.38. The summed E-state index contributed by atoms with van der Waals surface area (Å²) in [6.07, 6.45) is -0.230. The van der Waals surface area contributed by atoms with Crippen LogP contribution in [-0.2, 0) is 4.74 Å². The number of hydrogen-bond donors (Lipinski definition) is 0. The summed E-state index contributed by atoms with van der Waals surface area (Å²) in [5.74, 6) is -0.325. The quantitative estimate of drug-likeness (QED) is 0.627. The van der Waals surface area contributed by atoms with Crippen molar-refractivity contribution in [1.29, 1.82) is 0 Å². The first kappa shape index (κ1) is 11.2. The van der Waals surface area contributed by atoms with Crippen molar-refractivity contribution < 1.29 is 14.3 Å². The highest BCUT2D eigenvalue weighted by Gasteiger charge is 2.32. The highest BCUT2D eigenvalue weighted by atomic mass is 32.1. The number of ketones is 1. The van der Waals surface area contributed by atoms with Crippen LogP contribution in [0.25, 0.3) is 0 Å². The second-order valence-corrected chi connectivity index (χ2v) is 5.03. The standard InChI is InChI=1S/C14H10O3S/c15-11(13-6-3-7-18-13)8-12-9-4-1-2-5-10(9)14(16)17-12/h1-7,12H,8H2. The zero-order chi connectivity index (χ0) is 12.5. The van der Waals surface area contributed by atoms with Crippen LogP contribution in [-0.4, -0.2) is 11.8 Å². The van der Waals surface area contributed by atoms with E-state index in [1.165, 1.54) is 11.3 Å². The zero-order valence-corrected chi connectivity index (χ0v) is 10.3. The Bertz CT molecular complexity index is 601. The van der Waals surface area contributed by atoms with Crippen molar-refractivity contribution in [2.45, 2.75) is 12.5 Å². The van der Waals surface area contributed by atoms with Gasteiger partial charge in [-0.25, -0.2) is 4.79 Å². The number of hydrogen-bond acceptors (Lipinski definition) is 4. The third-order valence-corrected chi connectivity index (χ3v) is 3.85. The molecule has 0 fully saturated rings. The van der Waals surface area contributed by atoms with Gasteiger partial charge in [0.05, 0.1) is 16.9 Å². The summed E-state index contributed by atoms with van der Waals surface area (Å²) in [5, 5.41) is 1.86. The average Bonchev–Trinajstić information content (AvgIpc) is 3.00. The lowest BCUT2D eigenvalue weighted by atomic mass is 10.0. The Balaban J connectivity index is 1.84. The van der Waals surface area contributed by atoms with Crippen molar-refractivity contribution in [2.24, 2.45) is 0 Å². The SMILES string of the molecule is O=C(CC1OC(=O)c2ccccc21)c1cccs1. The van der Waals surface area contributed by atoms with E-state index in [9.17, 15) is 9.59 Å². The topological polar surface area (TPSA) is 43.4 Å². The molecule has 0 radical (unpaired) electrons. The molecule has 0 aliphatic carbocycles. The molecule has 1 aromatic carbocycles. The van der Waals surface area contributed by atoms with Crippen LogP contribution in [0.15, 0.2) is 41.8 Å². The summed E-state index contributed by atoms with van der Waals surface area (Å²) < 4.78 is 5.25. The molecule has 1 aromatic heterocycles. The van der Waals surface area contributed by atoms with Gasteiger partial charge in [-0.3, -0.25) is 4.79 Å². The number of ether oxygens (including phenoxy) is 1. The maximum Gasteiger partial charge on any atom is 0.339 e. The van der Waals surface area contributed by atoms with Gasteiger partial charge in [0, 0.05) is 5.56 Å². The first-order chi connectivity index (χ1) is 8.75. The van der Waals surface area contributed by atoms with E-state index in [4.69, 9.17) is 4.74 Å². The lowest BCUT2D eigenvalue weighted by Crippen LogP contribution is -2.06. The summed E-state index contributed by atoms with van der Waals surface area (Å²) >= 11 is 1.41. The van der Waals surface area contributed by atoms with Crippen LogP contribution in [0.5, 0.6) is 0 Å². The molecule has 3 rings (SSSR count). The highest BCUT2D eigenvalue weighted by molar-refractivity contribution is 7.12. The third kappa shape index (κ3) is 1.84. The van der Waals surface area contributed by atoms with E-state index in [0.717, 1.165) is 5.56 Å². The van der Waals surface area contributed by atoms with Gasteiger partial charge in [0.1, 0.15) is 6.10 Å². The minimum atomic E-state index is -0.441. The Morgan fingerprint density at radius 3 is 2.83 bits per heavy atom. The first-order valence-electron chi connectivity index (χ1n) is 5.62. The molecule has 2 aromatic rings. The second-order valence-electron chi connectivity index (χ2n) is 4.09. The van der Waals surface area contributed by atoms with Crippen molar-refractivity contribution in [3.05, 3.63) is 57.8 Å². The molecule has 2 heterocycles. The van der Waals surface area contributed by atoms with Gasteiger partial charge in [-0.15, -0.1) is 11.3 Å². The Morgan fingerprint density at radius 2 is 2.06 bits per heavy atom. The molecule has 4 heteroatoms. The molecule has 0 amide bonds. The van der Waals surface area contributed by atoms with Crippen molar-refractivity contribution in [2.75, 3.05) is 0 Å². The predicted molar refractivity (Wildman–Crippen MR) is 67.9 cm³/mol. The van der Waals surface area contributed by atoms with Gasteiger partial charge in [0.15, 0.2) is 5.78 Å². The zero-order valence-electron chi connectivity index (χ0n) is 9.46. The van der Waals surface area contributed by atoms with Crippen LogP contribution >= 0.6 is 11.3 Å². The Morgan fingerprint density at radius 1 is 1.22 bits per heavy atom. The fraction of sp³-hybridized carbons (Fsp3) is 0.143. The smallest absolute Gasteiger partial charge is 0.339 e. The van der Waals surface area contributed by atoms with Gasteiger partial charge in [-0.2, -0.15) is 0 Å². The lowest BCUT2D eigenvalue weighted by Gasteiger charge is -2.08. The van der Waals surface area contributed by atoms with Crippen LogP contribution in [0.2, 0.25) is 0 Å². The van der Waals surface area contributed by atoms with Crippen LogP contribution in [0, 0.1) is 0 Å². The number of rotatable bonds is 3. The van der Waals surface area contributed by atoms with Crippen molar-refractivity contribution in [3.8, 4) is 0 Å². The number of cyclic esters (lactones) is 1. The molecular formula is C14H10O3S. The molecule has 1 unspecified atom stereocenters. The van der Waals surface area contributed by atoms with Gasteiger partial charge in [0.25, 0.3) is 0 Å². The van der Waals surface area contributed by atoms with E-state index >= 15 is 0 Å². The number of carbonyl (C=O) groups excluding carboxylic acids is 2. The van der Waals surface area contributed by atoms with Gasteiger partial charge in [0.2, 0.25) is 0 Å². The normalized spacial score (nSPS) is 17.3. The highest BCUT2D eigenvalue weighted by Crippen LogP contribution is 2.33. The van der Waals surface area contributed by atoms with Gasteiger partial charge in [-0.05, 0) is 17.5 Å². The largest absolute Gasteiger partial charge is 0.453 e. The van der Waals surface area contributed by atoms with Crippen LogP contribution < -0.4 is 0 Å². The van der Waals surface area contributed by atoms with E-state index in [-0.39, 0.29) is 18.2 Å². The van der Waals surface area contributed by atoms with Crippen molar-refractivity contribution in [3.63, 3.8) is 0 Å². The fourth-order valence-corrected chi connectivity index (χ4v) is 2.75. The van der Waals surface area contributed by atoms with E-state index in [0.29, 0.717) is 10.4 Å². The molecule has 0 saturated heterocycles. The van der Waals surface area contributed by atoms with Gasteiger partial charge in [-0.1, -0.05) is 24.3 Å². The minimum Gasteiger partial charge on any atom is -0.453 e. The molecule has 1 atom stereocenters. The maximum atomic E-state index is 12.0. The summed E-state index contributed by atoms with van der Waals surface area (Å²) in [6, 6.07) is 10.8. The molecule has 0 bridgehead atoms. The summed E-state index contributed by atoms with van der Waals surface area (Å²) in [4.78, 5) is 24.3. The molecule has 0 N–H and O–H groups in total. The summed E-state index contributed by atoms with van der Waals surface area (Å²) in [6.45, 7) is 0. The number of Topliss-reactive ketones (excluding diaryl/α,β-unsaturated/α-hetero) is 1. The van der Waals surface area contributed by atoms with Crippen molar-refractivity contribution >= 4 is 23.1 Å². The molecule has 1 aliphatic rings. The van der Waals surface area contributed by atoms with E-state index < -0.39 is 6.10 Å². The van der Waals surface area contributed by atoms with Crippen molar-refractivity contribution in [1.82, 2.24) is 0 Å². The van der Waals surface area contributed by atoms with Gasteiger partial charge >= 0.3 is 5.97 Å². The number of carbonyl (C=O) groups is 2. The molecule has 18 heavy (non-hydrogen) atoms. The Hall–Kier alpha value is -1.94. The van der Waals surface area contributed by atoms with Crippen LogP contribution in [0.4, 0.5) is 0 Å². The summed E-state index contributed by atoms with van der Waals surface area (Å²) in [7, 11) is 0. The van der Waals surface area contributed by atoms with Crippen LogP contribution in [0.1, 0.15) is 38.1 Å². The molecule has 0 saturated carbocycles. The Labute approximate surface area is 108 Å². The fourth-order valence-electron chi connectivity index (χ4n) is 2.08. The molecule has 0 spiro atoms. The van der Waals surface area contributed by atoms with E-state index in [2.05, 4.69) is 0 Å². The lowest BCUT2D eigenvalue weighted by molar-refractivity contribution is 0.0367. The minimum absolute atomic E-state index is 0.0134. The molecule has 90 valence electrons. The Kier molecular flexibility index (Phi) is 2.72.